The van der Waals surface area contributed by atoms with E-state index in [0.717, 1.165) is 16.7 Å². The molecule has 0 aliphatic heterocycles. The van der Waals surface area contributed by atoms with Crippen LogP contribution >= 0.6 is 11.6 Å². The van der Waals surface area contributed by atoms with Gasteiger partial charge in [0.1, 0.15) is 0 Å². The number of rotatable bonds is 4. The van der Waals surface area contributed by atoms with Crippen molar-refractivity contribution in [1.82, 2.24) is 9.78 Å². The van der Waals surface area contributed by atoms with E-state index in [1.807, 2.05) is 48.7 Å². The molecule has 3 nitrogen and oxygen atoms in total. The highest BCUT2D eigenvalue weighted by Crippen LogP contribution is 2.21. The predicted molar refractivity (Wildman–Crippen MR) is 84.1 cm³/mol. The van der Waals surface area contributed by atoms with Crippen molar-refractivity contribution in [3.63, 3.8) is 0 Å². The Morgan fingerprint density at radius 1 is 1.05 bits per heavy atom. The summed E-state index contributed by atoms with van der Waals surface area (Å²) < 4.78 is 1.74. The van der Waals surface area contributed by atoms with Crippen LogP contribution in [0.15, 0.2) is 67.0 Å². The summed E-state index contributed by atoms with van der Waals surface area (Å²) in [6, 6.07) is 17.3. The summed E-state index contributed by atoms with van der Waals surface area (Å²) in [5, 5.41) is 15.2. The maximum absolute atomic E-state index is 10.3. The molecule has 0 aliphatic rings. The fraction of sp³-hybridized carbons (Fsp3) is 0.118. The summed E-state index contributed by atoms with van der Waals surface area (Å²) in [6.45, 7) is 0.396. The van der Waals surface area contributed by atoms with Crippen LogP contribution in [0.2, 0.25) is 5.02 Å². The molecule has 106 valence electrons. The highest BCUT2D eigenvalue weighted by Gasteiger charge is 2.10. The smallest absolute Gasteiger partial charge is 0.0986 e. The molecule has 1 aromatic heterocycles. The summed E-state index contributed by atoms with van der Waals surface area (Å²) in [4.78, 5) is 0. The van der Waals surface area contributed by atoms with Gasteiger partial charge in [-0.1, -0.05) is 54.1 Å². The predicted octanol–water partition coefficient (Wildman–Crippen LogP) is 3.94. The first kappa shape index (κ1) is 13.9. The molecule has 0 fully saturated rings. The third-order valence-corrected chi connectivity index (χ3v) is 3.57. The Kier molecular flexibility index (Phi) is 4.04. The highest BCUT2D eigenvalue weighted by atomic mass is 35.5. The molecule has 1 N–H and O–H groups in total. The lowest BCUT2D eigenvalue weighted by molar-refractivity contribution is 0.151. The Balaban J connectivity index is 1.75. The number of hydrogen-bond donors (Lipinski definition) is 1. The second-order valence-electron chi connectivity index (χ2n) is 4.89. The van der Waals surface area contributed by atoms with Gasteiger partial charge in [-0.15, -0.1) is 0 Å². The maximum Gasteiger partial charge on any atom is 0.0986 e. The highest BCUT2D eigenvalue weighted by molar-refractivity contribution is 6.30. The van der Waals surface area contributed by atoms with Crippen molar-refractivity contribution in [2.24, 2.45) is 0 Å². The second-order valence-corrected chi connectivity index (χ2v) is 5.32. The van der Waals surface area contributed by atoms with Crippen LogP contribution in [0.25, 0.3) is 11.1 Å². The van der Waals surface area contributed by atoms with Crippen molar-refractivity contribution in [2.45, 2.75) is 12.6 Å². The first-order chi connectivity index (χ1) is 10.2. The Hall–Kier alpha value is -2.10. The van der Waals surface area contributed by atoms with Gasteiger partial charge >= 0.3 is 0 Å². The molecular formula is C17H15ClN2O. The van der Waals surface area contributed by atoms with E-state index in [1.54, 1.807) is 23.0 Å². The van der Waals surface area contributed by atoms with Crippen molar-refractivity contribution in [1.29, 1.82) is 0 Å². The average Bonchev–Trinajstić information content (AvgIpc) is 2.97. The van der Waals surface area contributed by atoms with Crippen LogP contribution in [0.5, 0.6) is 0 Å². The summed E-state index contributed by atoms with van der Waals surface area (Å²) in [5.41, 5.74) is 2.94. The number of aliphatic hydroxyl groups is 1. The van der Waals surface area contributed by atoms with Crippen LogP contribution < -0.4 is 0 Å². The number of nitrogens with zero attached hydrogens (tertiary/aromatic N) is 2. The topological polar surface area (TPSA) is 38.0 Å². The zero-order chi connectivity index (χ0) is 14.7. The Bertz CT molecular complexity index is 724. The first-order valence-corrected chi connectivity index (χ1v) is 7.11. The number of benzene rings is 2. The summed E-state index contributed by atoms with van der Waals surface area (Å²) in [6.07, 6.45) is 3.11. The molecule has 0 aliphatic carbocycles. The molecule has 4 heteroatoms. The SMILES string of the molecule is O[C@H](Cn1cc(-c2ccccc2)cn1)c1cccc(Cl)c1. The minimum Gasteiger partial charge on any atom is -0.386 e. The van der Waals surface area contributed by atoms with Crippen LogP contribution in [0.1, 0.15) is 11.7 Å². The van der Waals surface area contributed by atoms with E-state index in [4.69, 9.17) is 11.6 Å². The maximum atomic E-state index is 10.3. The zero-order valence-electron chi connectivity index (χ0n) is 11.4. The summed E-state index contributed by atoms with van der Waals surface area (Å²) >= 11 is 5.94. The molecule has 1 heterocycles. The van der Waals surface area contributed by atoms with Gasteiger partial charge in [0.15, 0.2) is 0 Å². The lowest BCUT2D eigenvalue weighted by Gasteiger charge is -2.11. The third-order valence-electron chi connectivity index (χ3n) is 3.33. The van der Waals surface area contributed by atoms with Gasteiger partial charge in [0.05, 0.1) is 18.8 Å². The lowest BCUT2D eigenvalue weighted by atomic mass is 10.1. The molecule has 0 amide bonds. The van der Waals surface area contributed by atoms with Crippen molar-refractivity contribution in [2.75, 3.05) is 0 Å². The minimum absolute atomic E-state index is 0.396. The van der Waals surface area contributed by atoms with Gasteiger partial charge in [-0.3, -0.25) is 4.68 Å². The van der Waals surface area contributed by atoms with Gasteiger partial charge in [0, 0.05) is 16.8 Å². The van der Waals surface area contributed by atoms with Gasteiger partial charge in [-0.2, -0.15) is 5.10 Å². The van der Waals surface area contributed by atoms with Gasteiger partial charge < -0.3 is 5.11 Å². The number of aromatic nitrogens is 2. The van der Waals surface area contributed by atoms with Crippen LogP contribution in [-0.2, 0) is 6.54 Å². The molecule has 0 bridgehead atoms. The van der Waals surface area contributed by atoms with E-state index in [0.29, 0.717) is 11.6 Å². The van der Waals surface area contributed by atoms with E-state index < -0.39 is 6.10 Å². The monoisotopic (exact) mass is 298 g/mol. The largest absolute Gasteiger partial charge is 0.386 e. The van der Waals surface area contributed by atoms with E-state index in [1.165, 1.54) is 0 Å². The van der Waals surface area contributed by atoms with Gasteiger partial charge in [0.25, 0.3) is 0 Å². The molecule has 0 saturated carbocycles. The van der Waals surface area contributed by atoms with E-state index >= 15 is 0 Å². The first-order valence-electron chi connectivity index (χ1n) is 6.74. The van der Waals surface area contributed by atoms with Crippen LogP contribution in [0.3, 0.4) is 0 Å². The van der Waals surface area contributed by atoms with Crippen molar-refractivity contribution < 1.29 is 5.11 Å². The molecule has 3 aromatic rings. The Morgan fingerprint density at radius 3 is 2.62 bits per heavy atom. The second kappa shape index (κ2) is 6.12. The molecule has 1 atom stereocenters. The van der Waals surface area contributed by atoms with Gasteiger partial charge in [-0.25, -0.2) is 0 Å². The lowest BCUT2D eigenvalue weighted by Crippen LogP contribution is -2.08. The molecule has 2 aromatic carbocycles. The van der Waals surface area contributed by atoms with Crippen LogP contribution in [0, 0.1) is 0 Å². The third kappa shape index (κ3) is 3.32. The van der Waals surface area contributed by atoms with E-state index in [-0.39, 0.29) is 0 Å². The normalized spacial score (nSPS) is 12.3. The Morgan fingerprint density at radius 2 is 1.86 bits per heavy atom. The zero-order valence-corrected chi connectivity index (χ0v) is 12.1. The molecule has 21 heavy (non-hydrogen) atoms. The van der Waals surface area contributed by atoms with Crippen molar-refractivity contribution in [3.05, 3.63) is 77.6 Å². The Labute approximate surface area is 128 Å². The summed E-state index contributed by atoms with van der Waals surface area (Å²) in [7, 11) is 0. The quantitative estimate of drug-likeness (QED) is 0.792. The van der Waals surface area contributed by atoms with Crippen molar-refractivity contribution >= 4 is 11.6 Å². The molecular weight excluding hydrogens is 284 g/mol. The van der Waals surface area contributed by atoms with E-state index in [9.17, 15) is 5.11 Å². The molecule has 0 saturated heterocycles. The summed E-state index contributed by atoms with van der Waals surface area (Å²) in [5.74, 6) is 0. The molecule has 3 rings (SSSR count). The van der Waals surface area contributed by atoms with Gasteiger partial charge in [-0.05, 0) is 23.3 Å². The van der Waals surface area contributed by atoms with Crippen molar-refractivity contribution in [3.8, 4) is 11.1 Å². The molecule has 0 spiro atoms. The molecule has 0 unspecified atom stereocenters. The minimum atomic E-state index is -0.632. The molecule has 0 radical (unpaired) electrons. The fourth-order valence-corrected chi connectivity index (χ4v) is 2.44. The average molecular weight is 299 g/mol. The number of aliphatic hydroxyl groups excluding tert-OH is 1. The van der Waals surface area contributed by atoms with Crippen LogP contribution in [-0.4, -0.2) is 14.9 Å². The van der Waals surface area contributed by atoms with Gasteiger partial charge in [0.2, 0.25) is 0 Å². The number of hydrogen-bond acceptors (Lipinski definition) is 2. The number of halogens is 1. The van der Waals surface area contributed by atoms with Crippen LogP contribution in [0.4, 0.5) is 0 Å². The standard InChI is InChI=1S/C17H15ClN2O/c18-16-8-4-7-14(9-16)17(21)12-20-11-15(10-19-20)13-5-2-1-3-6-13/h1-11,17,21H,12H2/t17-/m1/s1. The fourth-order valence-electron chi connectivity index (χ4n) is 2.24. The van der Waals surface area contributed by atoms with E-state index in [2.05, 4.69) is 5.10 Å².